The van der Waals surface area contributed by atoms with E-state index in [4.69, 9.17) is 4.74 Å². The molecule has 1 atom stereocenters. The van der Waals surface area contributed by atoms with Crippen LogP contribution in [0.5, 0.6) is 5.75 Å². The summed E-state index contributed by atoms with van der Waals surface area (Å²) in [5, 5.41) is 0.241. The van der Waals surface area contributed by atoms with E-state index in [-0.39, 0.29) is 16.5 Å². The van der Waals surface area contributed by atoms with Crippen LogP contribution in [-0.2, 0) is 17.8 Å². The summed E-state index contributed by atoms with van der Waals surface area (Å²) in [6.45, 7) is 0. The second-order valence-corrected chi connectivity index (χ2v) is 3.70. The van der Waals surface area contributed by atoms with E-state index in [0.29, 0.717) is 0 Å². The zero-order valence-corrected chi connectivity index (χ0v) is 8.42. The van der Waals surface area contributed by atoms with Gasteiger partial charge in [0.25, 0.3) is 5.56 Å². The zero-order chi connectivity index (χ0) is 10.0. The van der Waals surface area contributed by atoms with Crippen LogP contribution in [0.3, 0.4) is 0 Å². The summed E-state index contributed by atoms with van der Waals surface area (Å²) in [5.74, 6) is 0.150. The molecule has 1 aromatic rings. The molecular weight excluding hydrogens is 192 g/mol. The fourth-order valence-electron chi connectivity index (χ4n) is 0.915. The number of ether oxygens (including phenoxy) is 1. The van der Waals surface area contributed by atoms with E-state index in [9.17, 15) is 9.00 Å². The van der Waals surface area contributed by atoms with Gasteiger partial charge in [-0.3, -0.25) is 13.6 Å². The predicted octanol–water partition coefficient (Wildman–Crippen LogP) is -0.474. The molecule has 0 radical (unpaired) electrons. The fourth-order valence-corrected chi connectivity index (χ4v) is 1.58. The van der Waals surface area contributed by atoms with Crippen LogP contribution in [0.15, 0.2) is 16.1 Å². The first-order chi connectivity index (χ1) is 6.07. The average Bonchev–Trinajstić information content (AvgIpc) is 2.09. The highest BCUT2D eigenvalue weighted by Gasteiger charge is 2.09. The van der Waals surface area contributed by atoms with Crippen LogP contribution in [0, 0.1) is 0 Å². The van der Waals surface area contributed by atoms with Crippen LogP contribution in [0.2, 0.25) is 0 Å². The van der Waals surface area contributed by atoms with Crippen molar-refractivity contribution >= 4 is 10.8 Å². The Bertz CT molecular complexity index is 399. The van der Waals surface area contributed by atoms with E-state index < -0.39 is 10.8 Å². The molecule has 0 amide bonds. The number of hydrogen-bond acceptors (Lipinski definition) is 4. The van der Waals surface area contributed by atoms with E-state index in [1.54, 1.807) is 0 Å². The van der Waals surface area contributed by atoms with E-state index in [2.05, 4.69) is 4.98 Å². The first-order valence-corrected chi connectivity index (χ1v) is 5.07. The minimum atomic E-state index is -1.26. The van der Waals surface area contributed by atoms with Gasteiger partial charge in [0, 0.05) is 13.3 Å². The third-order valence-corrected chi connectivity index (χ3v) is 2.47. The highest BCUT2D eigenvalue weighted by atomic mass is 32.2. The van der Waals surface area contributed by atoms with Crippen LogP contribution in [0.25, 0.3) is 0 Å². The van der Waals surface area contributed by atoms with Gasteiger partial charge in [-0.2, -0.15) is 0 Å². The average molecular weight is 202 g/mol. The van der Waals surface area contributed by atoms with Crippen LogP contribution in [0.1, 0.15) is 0 Å². The second kappa shape index (κ2) is 3.69. The highest BCUT2D eigenvalue weighted by Crippen LogP contribution is 2.02. The molecule has 1 heterocycles. The van der Waals surface area contributed by atoms with Gasteiger partial charge in [0.15, 0.2) is 0 Å². The van der Waals surface area contributed by atoms with E-state index >= 15 is 0 Å². The van der Waals surface area contributed by atoms with Gasteiger partial charge in [-0.1, -0.05) is 0 Å². The van der Waals surface area contributed by atoms with Crippen molar-refractivity contribution < 1.29 is 8.95 Å². The number of methoxy groups -OCH3 is 1. The lowest BCUT2D eigenvalue weighted by Crippen LogP contribution is -2.23. The maximum Gasteiger partial charge on any atom is 0.296 e. The van der Waals surface area contributed by atoms with Crippen molar-refractivity contribution in [3.05, 3.63) is 16.6 Å². The molecule has 1 aromatic heterocycles. The van der Waals surface area contributed by atoms with E-state index in [1.165, 1.54) is 31.2 Å². The minimum Gasteiger partial charge on any atom is -0.490 e. The molecule has 0 aliphatic heterocycles. The van der Waals surface area contributed by atoms with Crippen molar-refractivity contribution in [1.29, 1.82) is 0 Å². The summed E-state index contributed by atoms with van der Waals surface area (Å²) in [7, 11) is 1.63. The molecule has 0 fully saturated rings. The summed E-state index contributed by atoms with van der Waals surface area (Å²) < 4.78 is 17.0. The molecule has 0 N–H and O–H groups in total. The lowest BCUT2D eigenvalue weighted by atomic mass is 10.6. The van der Waals surface area contributed by atoms with Crippen molar-refractivity contribution in [3.8, 4) is 5.75 Å². The number of aromatic nitrogens is 2. The first-order valence-electron chi connectivity index (χ1n) is 3.51. The zero-order valence-electron chi connectivity index (χ0n) is 7.60. The molecule has 5 nitrogen and oxygen atoms in total. The van der Waals surface area contributed by atoms with Gasteiger partial charge in [0.1, 0.15) is 0 Å². The van der Waals surface area contributed by atoms with E-state index in [1.807, 2.05) is 0 Å². The SMILES string of the molecule is COc1cnc(S(C)=O)n(C)c1=O. The smallest absolute Gasteiger partial charge is 0.296 e. The molecule has 0 aromatic carbocycles. The summed E-state index contributed by atoms with van der Waals surface area (Å²) in [6, 6.07) is 0. The summed E-state index contributed by atoms with van der Waals surface area (Å²) in [5.41, 5.74) is -0.331. The Morgan fingerprint density at radius 1 is 1.62 bits per heavy atom. The fraction of sp³-hybridized carbons (Fsp3) is 0.429. The first kappa shape index (κ1) is 9.91. The Balaban J connectivity index is 3.40. The maximum atomic E-state index is 11.4. The maximum absolute atomic E-state index is 11.4. The Hall–Kier alpha value is -1.17. The Morgan fingerprint density at radius 3 is 2.69 bits per heavy atom. The highest BCUT2D eigenvalue weighted by molar-refractivity contribution is 7.84. The predicted molar refractivity (Wildman–Crippen MR) is 48.4 cm³/mol. The van der Waals surface area contributed by atoms with Crippen molar-refractivity contribution in [3.63, 3.8) is 0 Å². The lowest BCUT2D eigenvalue weighted by Gasteiger charge is -2.05. The molecule has 0 aliphatic rings. The third kappa shape index (κ3) is 1.77. The Labute approximate surface area is 77.8 Å². The molecule has 13 heavy (non-hydrogen) atoms. The molecule has 0 aliphatic carbocycles. The molecule has 1 rings (SSSR count). The molecule has 0 bridgehead atoms. The molecule has 0 saturated carbocycles. The lowest BCUT2D eigenvalue weighted by molar-refractivity contribution is 0.397. The van der Waals surface area contributed by atoms with Gasteiger partial charge in [-0.25, -0.2) is 4.98 Å². The van der Waals surface area contributed by atoms with Crippen LogP contribution >= 0.6 is 0 Å². The molecule has 72 valence electrons. The second-order valence-electron chi connectivity index (χ2n) is 2.43. The number of nitrogens with zero attached hydrogens (tertiary/aromatic N) is 2. The van der Waals surface area contributed by atoms with Gasteiger partial charge >= 0.3 is 0 Å². The van der Waals surface area contributed by atoms with Crippen molar-refractivity contribution in [1.82, 2.24) is 9.55 Å². The van der Waals surface area contributed by atoms with Crippen LogP contribution in [-0.4, -0.2) is 27.1 Å². The summed E-state index contributed by atoms with van der Waals surface area (Å²) in [6.07, 6.45) is 2.74. The van der Waals surface area contributed by atoms with Crippen LogP contribution < -0.4 is 10.3 Å². The van der Waals surface area contributed by atoms with Gasteiger partial charge in [-0.15, -0.1) is 0 Å². The quantitative estimate of drug-likeness (QED) is 0.608. The standard InChI is InChI=1S/C7H10N2O3S/c1-9-6(10)5(12-2)4-8-7(9)13(3)11/h4H,1-3H3. The topological polar surface area (TPSA) is 61.2 Å². The largest absolute Gasteiger partial charge is 0.490 e. The normalized spacial score (nSPS) is 12.5. The van der Waals surface area contributed by atoms with Crippen molar-refractivity contribution in [2.45, 2.75) is 5.16 Å². The molecule has 6 heteroatoms. The monoisotopic (exact) mass is 202 g/mol. The van der Waals surface area contributed by atoms with Crippen LogP contribution in [0.4, 0.5) is 0 Å². The summed E-state index contributed by atoms with van der Waals surface area (Å²) >= 11 is 0. The van der Waals surface area contributed by atoms with Crippen molar-refractivity contribution in [2.24, 2.45) is 7.05 Å². The van der Waals surface area contributed by atoms with E-state index in [0.717, 1.165) is 0 Å². The molecular formula is C7H10N2O3S. The summed E-state index contributed by atoms with van der Waals surface area (Å²) in [4.78, 5) is 15.2. The van der Waals surface area contributed by atoms with Gasteiger partial charge in [-0.05, 0) is 0 Å². The Morgan fingerprint density at radius 2 is 2.23 bits per heavy atom. The number of hydrogen-bond donors (Lipinski definition) is 0. The van der Waals surface area contributed by atoms with Gasteiger partial charge < -0.3 is 4.74 Å². The molecule has 0 saturated heterocycles. The van der Waals surface area contributed by atoms with Gasteiger partial charge in [0.2, 0.25) is 10.9 Å². The third-order valence-electron chi connectivity index (χ3n) is 1.57. The Kier molecular flexibility index (Phi) is 2.82. The van der Waals surface area contributed by atoms with Gasteiger partial charge in [0.05, 0.1) is 24.1 Å². The minimum absolute atomic E-state index is 0.150. The molecule has 0 spiro atoms. The molecule has 1 unspecified atom stereocenters. The number of rotatable bonds is 2. The van der Waals surface area contributed by atoms with Crippen molar-refractivity contribution in [2.75, 3.05) is 13.4 Å².